The minimum absolute atomic E-state index is 0. The summed E-state index contributed by atoms with van der Waals surface area (Å²) in [6.45, 7) is 9.12. The van der Waals surface area contributed by atoms with Gasteiger partial charge in [0.2, 0.25) is 0 Å². The van der Waals surface area contributed by atoms with Gasteiger partial charge < -0.3 is 18.5 Å². The SMILES string of the molecule is CC1(C)c2cccc(O)c2-c2nc(-c3cn(-c4ccccc4)c(-c4[c-]cc5oc6ccccc6c5c4)n3)cc(-c3ccc4oc5ccccc5c4c3)c2C1(C)C.[Pt]. The second-order valence-corrected chi connectivity index (χ2v) is 15.9. The standard InChI is InChI=1S/C50H36N3O3.Pt/c1-49(2)37-17-12-18-40(54)45(37)47-46(50(49,3)4)34(29-21-23-43-35(25-29)32-15-8-10-19-41(32)55-43)27-38(51-47)39-28-53(31-13-6-5-7-14-31)48(52-39)30-22-24-44-36(26-30)33-16-9-11-20-42(33)56-44;/h5-21,23-28,54H,1-4H3;/q-1;. The van der Waals surface area contributed by atoms with E-state index in [0.717, 1.165) is 94.5 Å². The fourth-order valence-electron chi connectivity index (χ4n) is 8.85. The number of hydrogen-bond acceptors (Lipinski definition) is 5. The summed E-state index contributed by atoms with van der Waals surface area (Å²) in [5, 5.41) is 15.8. The maximum absolute atomic E-state index is 11.7. The number of benzene rings is 6. The van der Waals surface area contributed by atoms with Crippen molar-refractivity contribution in [2.45, 2.75) is 38.5 Å². The molecule has 0 fully saturated rings. The number of phenols is 1. The second-order valence-electron chi connectivity index (χ2n) is 15.9. The Kier molecular flexibility index (Phi) is 7.81. The molecule has 10 aromatic rings. The normalized spacial score (nSPS) is 14.2. The zero-order valence-electron chi connectivity index (χ0n) is 31.7. The number of fused-ring (bicyclic) bond motifs is 9. The molecule has 0 bridgehead atoms. The first-order chi connectivity index (χ1) is 27.2. The smallest absolute Gasteiger partial charge is 0.135 e. The summed E-state index contributed by atoms with van der Waals surface area (Å²) in [6.07, 6.45) is 2.06. The number of furan rings is 2. The maximum atomic E-state index is 11.7. The molecule has 1 N–H and O–H groups in total. The largest absolute Gasteiger partial charge is 0.507 e. The summed E-state index contributed by atoms with van der Waals surface area (Å²) < 4.78 is 14.5. The Labute approximate surface area is 343 Å². The van der Waals surface area contributed by atoms with E-state index < -0.39 is 0 Å². The minimum atomic E-state index is -0.385. The average molecular weight is 922 g/mol. The average Bonchev–Trinajstić information content (AvgIpc) is 3.93. The van der Waals surface area contributed by atoms with Crippen LogP contribution in [0.1, 0.15) is 38.8 Å². The number of phenolic OH excluding ortho intramolecular Hbond substituents is 1. The summed E-state index contributed by atoms with van der Waals surface area (Å²) >= 11 is 0. The van der Waals surface area contributed by atoms with Gasteiger partial charge in [0.15, 0.2) is 0 Å². The topological polar surface area (TPSA) is 77.2 Å². The van der Waals surface area contributed by atoms with Gasteiger partial charge in [-0.1, -0.05) is 106 Å². The van der Waals surface area contributed by atoms with E-state index in [1.807, 2.05) is 66.7 Å². The van der Waals surface area contributed by atoms with Crippen LogP contribution in [0.5, 0.6) is 5.75 Å². The number of para-hydroxylation sites is 3. The van der Waals surface area contributed by atoms with Crippen molar-refractivity contribution >= 4 is 43.9 Å². The Balaban J connectivity index is 0.00000396. The second kappa shape index (κ2) is 12.6. The number of aromatic nitrogens is 3. The van der Waals surface area contributed by atoms with Crippen LogP contribution in [-0.4, -0.2) is 19.6 Å². The van der Waals surface area contributed by atoms with Gasteiger partial charge in [-0.05, 0) is 76.2 Å². The molecule has 57 heavy (non-hydrogen) atoms. The maximum Gasteiger partial charge on any atom is 0.135 e. The van der Waals surface area contributed by atoms with Crippen molar-refractivity contribution in [3.8, 4) is 56.6 Å². The quantitative estimate of drug-likeness (QED) is 0.178. The molecular weight excluding hydrogens is 886 g/mol. The summed E-state index contributed by atoms with van der Waals surface area (Å²) in [5.74, 6) is 0.945. The van der Waals surface area contributed by atoms with Gasteiger partial charge in [0.05, 0.1) is 28.5 Å². The van der Waals surface area contributed by atoms with E-state index in [1.165, 1.54) is 0 Å². The summed E-state index contributed by atoms with van der Waals surface area (Å²) in [5.41, 5.74) is 11.5. The molecule has 0 unspecified atom stereocenters. The Morgan fingerprint density at radius 2 is 1.28 bits per heavy atom. The molecule has 0 atom stereocenters. The number of rotatable bonds is 4. The van der Waals surface area contributed by atoms with Gasteiger partial charge in [0.25, 0.3) is 0 Å². The third-order valence-corrected chi connectivity index (χ3v) is 12.4. The molecule has 0 spiro atoms. The molecule has 0 saturated heterocycles. The molecule has 6 aromatic carbocycles. The van der Waals surface area contributed by atoms with Crippen molar-refractivity contribution < 1.29 is 35.0 Å². The summed E-state index contributed by atoms with van der Waals surface area (Å²) in [7, 11) is 0. The van der Waals surface area contributed by atoms with Gasteiger partial charge in [-0.25, -0.2) is 4.98 Å². The van der Waals surface area contributed by atoms with Crippen molar-refractivity contribution in [1.82, 2.24) is 14.5 Å². The van der Waals surface area contributed by atoms with Crippen LogP contribution in [0.25, 0.3) is 94.7 Å². The van der Waals surface area contributed by atoms with Crippen LogP contribution in [0.2, 0.25) is 0 Å². The monoisotopic (exact) mass is 921 g/mol. The Morgan fingerprint density at radius 1 is 0.614 bits per heavy atom. The van der Waals surface area contributed by atoms with Crippen LogP contribution in [0.4, 0.5) is 0 Å². The molecule has 0 aliphatic heterocycles. The van der Waals surface area contributed by atoms with Gasteiger partial charge >= 0.3 is 0 Å². The molecule has 1 aliphatic carbocycles. The van der Waals surface area contributed by atoms with E-state index in [0.29, 0.717) is 11.4 Å². The third kappa shape index (κ3) is 5.13. The van der Waals surface area contributed by atoms with E-state index >= 15 is 0 Å². The predicted molar refractivity (Wildman–Crippen MR) is 224 cm³/mol. The van der Waals surface area contributed by atoms with E-state index in [1.54, 1.807) is 6.07 Å². The molecular formula is C50H36N3O3Pt-. The minimum Gasteiger partial charge on any atom is -0.507 e. The molecule has 11 rings (SSSR count). The molecule has 4 heterocycles. The van der Waals surface area contributed by atoms with E-state index in [2.05, 4.69) is 105 Å². The number of aromatic hydroxyl groups is 1. The molecule has 280 valence electrons. The van der Waals surface area contributed by atoms with Gasteiger partial charge in [0.1, 0.15) is 22.5 Å². The first-order valence-corrected chi connectivity index (χ1v) is 19.0. The fourth-order valence-corrected chi connectivity index (χ4v) is 8.85. The van der Waals surface area contributed by atoms with E-state index in [4.69, 9.17) is 18.8 Å². The molecule has 7 heteroatoms. The van der Waals surface area contributed by atoms with Crippen molar-refractivity contribution in [1.29, 1.82) is 0 Å². The van der Waals surface area contributed by atoms with Crippen LogP contribution < -0.4 is 0 Å². The Morgan fingerprint density at radius 3 is 2.04 bits per heavy atom. The van der Waals surface area contributed by atoms with Crippen LogP contribution in [0, 0.1) is 6.07 Å². The van der Waals surface area contributed by atoms with Gasteiger partial charge in [-0.3, -0.25) is 4.98 Å². The molecule has 4 aromatic heterocycles. The van der Waals surface area contributed by atoms with Crippen LogP contribution in [0.3, 0.4) is 0 Å². The molecule has 1 aliphatic rings. The molecule has 0 radical (unpaired) electrons. The van der Waals surface area contributed by atoms with Crippen LogP contribution in [0.15, 0.2) is 148 Å². The Hall–Kier alpha value is -6.23. The molecule has 0 saturated carbocycles. The van der Waals surface area contributed by atoms with Gasteiger partial charge in [-0.2, -0.15) is 0 Å². The van der Waals surface area contributed by atoms with Crippen LogP contribution >= 0.6 is 0 Å². The van der Waals surface area contributed by atoms with Crippen molar-refractivity contribution in [2.24, 2.45) is 0 Å². The van der Waals surface area contributed by atoms with E-state index in [-0.39, 0.29) is 37.6 Å². The zero-order valence-corrected chi connectivity index (χ0v) is 34.0. The Bertz CT molecular complexity index is 3220. The van der Waals surface area contributed by atoms with Gasteiger partial charge in [-0.15, -0.1) is 23.8 Å². The summed E-state index contributed by atoms with van der Waals surface area (Å²) in [6, 6.07) is 48.4. The predicted octanol–water partition coefficient (Wildman–Crippen LogP) is 12.8. The zero-order chi connectivity index (χ0) is 37.9. The number of hydrogen-bond donors (Lipinski definition) is 1. The third-order valence-electron chi connectivity index (χ3n) is 12.4. The van der Waals surface area contributed by atoms with Crippen LogP contribution in [-0.2, 0) is 31.9 Å². The number of pyridine rings is 1. The van der Waals surface area contributed by atoms with Crippen molar-refractivity contribution in [3.05, 3.63) is 157 Å². The number of imidazole rings is 1. The molecule has 6 nitrogen and oxygen atoms in total. The summed E-state index contributed by atoms with van der Waals surface area (Å²) in [4.78, 5) is 10.8. The van der Waals surface area contributed by atoms with Gasteiger partial charge in [0, 0.05) is 60.1 Å². The first-order valence-electron chi connectivity index (χ1n) is 19.0. The van der Waals surface area contributed by atoms with Crippen molar-refractivity contribution in [2.75, 3.05) is 0 Å². The fraction of sp³-hybridized carbons (Fsp3) is 0.120. The first kappa shape index (κ1) is 35.2. The van der Waals surface area contributed by atoms with E-state index in [9.17, 15) is 5.11 Å². The van der Waals surface area contributed by atoms with Crippen molar-refractivity contribution in [3.63, 3.8) is 0 Å². The molecule has 0 amide bonds. The number of nitrogens with zero attached hydrogens (tertiary/aromatic N) is 3.